The fraction of sp³-hybridized carbons (Fsp3) is 0. The molecule has 6 heteroatoms. The van der Waals surface area contributed by atoms with Gasteiger partial charge in [0.1, 0.15) is 0 Å². The zero-order valence-corrected chi connectivity index (χ0v) is 11.1. The number of amides is 3. The fourth-order valence-electron chi connectivity index (χ4n) is 1.58. The molecule has 2 aromatic carbocycles. The molecule has 3 amide bonds. The first-order valence-electron chi connectivity index (χ1n) is 5.78. The van der Waals surface area contributed by atoms with Crippen LogP contribution in [0.2, 0.25) is 5.02 Å². The lowest BCUT2D eigenvalue weighted by Crippen LogP contribution is -2.20. The van der Waals surface area contributed by atoms with E-state index < -0.39 is 11.9 Å². The van der Waals surface area contributed by atoms with Crippen molar-refractivity contribution in [1.29, 1.82) is 0 Å². The van der Waals surface area contributed by atoms with Gasteiger partial charge in [0.2, 0.25) is 5.91 Å². The Labute approximate surface area is 120 Å². The second kappa shape index (κ2) is 6.08. The molecule has 0 atom stereocenters. The first kappa shape index (κ1) is 13.9. The lowest BCUT2D eigenvalue weighted by atomic mass is 10.2. The van der Waals surface area contributed by atoms with Crippen LogP contribution in [0.5, 0.6) is 0 Å². The van der Waals surface area contributed by atoms with Gasteiger partial charge in [0, 0.05) is 11.3 Å². The van der Waals surface area contributed by atoms with Crippen LogP contribution in [0.3, 0.4) is 0 Å². The van der Waals surface area contributed by atoms with Crippen molar-refractivity contribution in [2.75, 3.05) is 10.6 Å². The summed E-state index contributed by atoms with van der Waals surface area (Å²) >= 11 is 5.95. The van der Waals surface area contributed by atoms with E-state index in [1.807, 2.05) is 6.07 Å². The number of hydrogen-bond acceptors (Lipinski definition) is 2. The van der Waals surface area contributed by atoms with E-state index in [-0.39, 0.29) is 5.56 Å². The molecule has 20 heavy (non-hydrogen) atoms. The lowest BCUT2D eigenvalue weighted by molar-refractivity contribution is 0.100. The number of para-hydroxylation sites is 1. The van der Waals surface area contributed by atoms with Gasteiger partial charge in [-0.25, -0.2) is 4.79 Å². The van der Waals surface area contributed by atoms with E-state index in [4.69, 9.17) is 17.3 Å². The van der Waals surface area contributed by atoms with Crippen molar-refractivity contribution in [3.05, 3.63) is 59.1 Å². The normalized spacial score (nSPS) is 9.85. The Morgan fingerprint density at radius 2 is 1.70 bits per heavy atom. The molecule has 0 saturated heterocycles. The highest BCUT2D eigenvalue weighted by Crippen LogP contribution is 2.23. The summed E-state index contributed by atoms with van der Waals surface area (Å²) < 4.78 is 0. The summed E-state index contributed by atoms with van der Waals surface area (Å²) in [7, 11) is 0. The SMILES string of the molecule is NC(=O)c1ccc(Cl)c(NC(=O)Nc2ccccc2)c1. The minimum absolute atomic E-state index is 0.268. The van der Waals surface area contributed by atoms with Gasteiger partial charge in [0.15, 0.2) is 0 Å². The zero-order chi connectivity index (χ0) is 14.5. The number of rotatable bonds is 3. The third-order valence-corrected chi connectivity index (χ3v) is 2.86. The van der Waals surface area contributed by atoms with Gasteiger partial charge in [-0.1, -0.05) is 29.8 Å². The number of urea groups is 1. The van der Waals surface area contributed by atoms with E-state index in [2.05, 4.69) is 10.6 Å². The van der Waals surface area contributed by atoms with Crippen LogP contribution in [-0.2, 0) is 0 Å². The van der Waals surface area contributed by atoms with Crippen LogP contribution in [0.1, 0.15) is 10.4 Å². The number of nitrogens with one attached hydrogen (secondary N) is 2. The van der Waals surface area contributed by atoms with Crippen LogP contribution in [0.4, 0.5) is 16.2 Å². The zero-order valence-electron chi connectivity index (χ0n) is 10.4. The number of halogens is 1. The van der Waals surface area contributed by atoms with Crippen molar-refractivity contribution in [2.45, 2.75) is 0 Å². The second-order valence-electron chi connectivity index (χ2n) is 4.00. The first-order chi connectivity index (χ1) is 9.56. The Bertz CT molecular complexity index is 644. The summed E-state index contributed by atoms with van der Waals surface area (Å²) in [5.74, 6) is -0.590. The van der Waals surface area contributed by atoms with Crippen molar-refractivity contribution >= 4 is 34.9 Å². The van der Waals surface area contributed by atoms with E-state index in [0.29, 0.717) is 16.4 Å². The molecule has 0 aromatic heterocycles. The van der Waals surface area contributed by atoms with Crippen molar-refractivity contribution in [2.24, 2.45) is 5.73 Å². The predicted octanol–water partition coefficient (Wildman–Crippen LogP) is 3.08. The van der Waals surface area contributed by atoms with Crippen molar-refractivity contribution in [3.8, 4) is 0 Å². The van der Waals surface area contributed by atoms with Gasteiger partial charge in [0.05, 0.1) is 10.7 Å². The molecule has 0 heterocycles. The van der Waals surface area contributed by atoms with E-state index in [1.165, 1.54) is 18.2 Å². The molecule has 0 radical (unpaired) electrons. The summed E-state index contributed by atoms with van der Waals surface area (Å²) in [6.07, 6.45) is 0. The smallest absolute Gasteiger partial charge is 0.323 e. The third kappa shape index (κ3) is 3.49. The molecular weight excluding hydrogens is 278 g/mol. The number of anilines is 2. The third-order valence-electron chi connectivity index (χ3n) is 2.53. The largest absolute Gasteiger partial charge is 0.366 e. The summed E-state index contributed by atoms with van der Waals surface area (Å²) in [6, 6.07) is 12.9. The molecular formula is C14H12ClN3O2. The molecule has 0 saturated carbocycles. The van der Waals surface area contributed by atoms with Crippen molar-refractivity contribution in [1.82, 2.24) is 0 Å². The molecule has 2 rings (SSSR count). The van der Waals surface area contributed by atoms with Crippen LogP contribution >= 0.6 is 11.6 Å². The van der Waals surface area contributed by atoms with Crippen LogP contribution in [0.25, 0.3) is 0 Å². The molecule has 0 bridgehead atoms. The molecule has 2 aromatic rings. The van der Waals surface area contributed by atoms with Crippen LogP contribution in [-0.4, -0.2) is 11.9 Å². The molecule has 0 aliphatic rings. The average Bonchev–Trinajstić information content (AvgIpc) is 2.42. The maximum Gasteiger partial charge on any atom is 0.323 e. The standard InChI is InChI=1S/C14H12ClN3O2/c15-11-7-6-9(13(16)19)8-12(11)18-14(20)17-10-4-2-1-3-5-10/h1-8H,(H2,16,19)(H2,17,18,20). The van der Waals surface area contributed by atoms with Gasteiger partial charge in [0.25, 0.3) is 0 Å². The van der Waals surface area contributed by atoms with Crippen LogP contribution < -0.4 is 16.4 Å². The molecule has 0 unspecified atom stereocenters. The van der Waals surface area contributed by atoms with Gasteiger partial charge in [-0.15, -0.1) is 0 Å². The van der Waals surface area contributed by atoms with E-state index in [1.54, 1.807) is 24.3 Å². The summed E-state index contributed by atoms with van der Waals surface area (Å²) in [6.45, 7) is 0. The second-order valence-corrected chi connectivity index (χ2v) is 4.41. The number of carbonyl (C=O) groups is 2. The highest BCUT2D eigenvalue weighted by Gasteiger charge is 2.09. The molecule has 4 N–H and O–H groups in total. The monoisotopic (exact) mass is 289 g/mol. The Morgan fingerprint density at radius 3 is 2.35 bits per heavy atom. The topological polar surface area (TPSA) is 84.2 Å². The van der Waals surface area contributed by atoms with Crippen LogP contribution in [0, 0.1) is 0 Å². The number of benzene rings is 2. The van der Waals surface area contributed by atoms with E-state index in [9.17, 15) is 9.59 Å². The number of primary amides is 1. The predicted molar refractivity (Wildman–Crippen MR) is 79.1 cm³/mol. The maximum absolute atomic E-state index is 11.8. The molecule has 0 aliphatic carbocycles. The molecule has 0 aliphatic heterocycles. The quantitative estimate of drug-likeness (QED) is 0.811. The van der Waals surface area contributed by atoms with Gasteiger partial charge >= 0.3 is 6.03 Å². The molecule has 0 fully saturated rings. The number of nitrogens with two attached hydrogens (primary N) is 1. The highest BCUT2D eigenvalue weighted by atomic mass is 35.5. The summed E-state index contributed by atoms with van der Waals surface area (Å²) in [5.41, 5.74) is 6.41. The molecule has 0 spiro atoms. The van der Waals surface area contributed by atoms with Gasteiger partial charge in [-0.2, -0.15) is 0 Å². The van der Waals surface area contributed by atoms with Crippen LogP contribution in [0.15, 0.2) is 48.5 Å². The van der Waals surface area contributed by atoms with E-state index >= 15 is 0 Å². The Kier molecular flexibility index (Phi) is 4.22. The molecule has 5 nitrogen and oxygen atoms in total. The van der Waals surface area contributed by atoms with Gasteiger partial charge in [-0.05, 0) is 30.3 Å². The minimum Gasteiger partial charge on any atom is -0.366 e. The fourth-order valence-corrected chi connectivity index (χ4v) is 1.75. The molecule has 102 valence electrons. The van der Waals surface area contributed by atoms with E-state index in [0.717, 1.165) is 0 Å². The highest BCUT2D eigenvalue weighted by molar-refractivity contribution is 6.34. The summed E-state index contributed by atoms with van der Waals surface area (Å²) in [4.78, 5) is 22.9. The minimum atomic E-state index is -0.590. The Hall–Kier alpha value is -2.53. The van der Waals surface area contributed by atoms with Gasteiger partial charge < -0.3 is 16.4 Å². The number of hydrogen-bond donors (Lipinski definition) is 3. The average molecular weight is 290 g/mol. The number of carbonyl (C=O) groups excluding carboxylic acids is 2. The lowest BCUT2D eigenvalue weighted by Gasteiger charge is -2.09. The van der Waals surface area contributed by atoms with Crippen molar-refractivity contribution in [3.63, 3.8) is 0 Å². The van der Waals surface area contributed by atoms with Gasteiger partial charge in [-0.3, -0.25) is 4.79 Å². The first-order valence-corrected chi connectivity index (χ1v) is 6.16. The summed E-state index contributed by atoms with van der Waals surface area (Å²) in [5, 5.41) is 5.52. The maximum atomic E-state index is 11.8. The Morgan fingerprint density at radius 1 is 1.00 bits per heavy atom. The Balaban J connectivity index is 2.11. The van der Waals surface area contributed by atoms with Crippen molar-refractivity contribution < 1.29 is 9.59 Å².